The Kier molecular flexibility index (Phi) is 8.83. The van der Waals surface area contributed by atoms with Crippen molar-refractivity contribution in [1.29, 1.82) is 0 Å². The number of halogens is 1. The van der Waals surface area contributed by atoms with Crippen molar-refractivity contribution in [3.63, 3.8) is 0 Å². The molecular weight excluding hydrogens is 480 g/mol. The lowest BCUT2D eigenvalue weighted by molar-refractivity contribution is -0.127. The van der Waals surface area contributed by atoms with E-state index in [1.807, 2.05) is 63.2 Å². The van der Waals surface area contributed by atoms with E-state index in [9.17, 15) is 4.79 Å². The zero-order chi connectivity index (χ0) is 25.5. The number of ether oxygens (including phenoxy) is 2. The summed E-state index contributed by atoms with van der Waals surface area (Å²) in [5.41, 5.74) is 1.81. The second-order valence-corrected chi connectivity index (χ2v) is 9.31. The van der Waals surface area contributed by atoms with Gasteiger partial charge < -0.3 is 19.3 Å². The topological polar surface area (TPSA) is 89.7 Å². The lowest BCUT2D eigenvalue weighted by Gasteiger charge is -2.31. The largest absolute Gasteiger partial charge is 0.490 e. The molecule has 1 saturated heterocycles. The third-order valence-electron chi connectivity index (χ3n) is 6.29. The number of piperidine rings is 1. The van der Waals surface area contributed by atoms with Crippen molar-refractivity contribution < 1.29 is 18.8 Å². The van der Waals surface area contributed by atoms with Gasteiger partial charge in [-0.25, -0.2) is 0 Å². The smallest absolute Gasteiger partial charge is 0.241 e. The Hall–Kier alpha value is -3.10. The second-order valence-electron chi connectivity index (χ2n) is 8.87. The lowest BCUT2D eigenvalue weighted by atomic mass is 9.95. The maximum absolute atomic E-state index is 13.0. The summed E-state index contributed by atoms with van der Waals surface area (Å²) in [6.07, 6.45) is 1.56. The fourth-order valence-corrected chi connectivity index (χ4v) is 4.55. The normalized spacial score (nSPS) is 15.4. The summed E-state index contributed by atoms with van der Waals surface area (Å²) >= 11 is 6.06. The minimum atomic E-state index is -0.131. The predicted octanol–water partition coefficient (Wildman–Crippen LogP) is 5.28. The van der Waals surface area contributed by atoms with Crippen molar-refractivity contribution in [3.8, 4) is 22.9 Å². The summed E-state index contributed by atoms with van der Waals surface area (Å²) in [6, 6.07) is 13.1. The van der Waals surface area contributed by atoms with Crippen LogP contribution in [0.2, 0.25) is 5.02 Å². The third-order valence-corrected chi connectivity index (χ3v) is 6.53. The average Bonchev–Trinajstić information content (AvgIpc) is 3.34. The molecule has 2 heterocycles. The van der Waals surface area contributed by atoms with Gasteiger partial charge >= 0.3 is 0 Å². The minimum absolute atomic E-state index is 0.0255. The number of amides is 1. The summed E-state index contributed by atoms with van der Waals surface area (Å²) in [5, 5.41) is 7.88. The lowest BCUT2D eigenvalue weighted by Crippen LogP contribution is -2.40. The van der Waals surface area contributed by atoms with Crippen LogP contribution < -0.4 is 14.8 Å². The highest BCUT2D eigenvalue weighted by Crippen LogP contribution is 2.31. The number of carbonyl (C=O) groups is 1. The first kappa shape index (κ1) is 26.0. The fraction of sp³-hybridized carbons (Fsp3) is 0.444. The molecule has 1 amide bonds. The molecule has 1 N–H and O–H groups in total. The molecule has 0 saturated carbocycles. The predicted molar refractivity (Wildman–Crippen MR) is 138 cm³/mol. The van der Waals surface area contributed by atoms with Gasteiger partial charge in [-0.1, -0.05) is 35.0 Å². The van der Waals surface area contributed by atoms with Gasteiger partial charge in [-0.05, 0) is 76.5 Å². The Balaban J connectivity index is 1.28. The molecule has 2 aromatic carbocycles. The Morgan fingerprint density at radius 3 is 2.61 bits per heavy atom. The number of rotatable bonds is 10. The second kappa shape index (κ2) is 12.2. The monoisotopic (exact) mass is 512 g/mol. The van der Waals surface area contributed by atoms with Crippen LogP contribution >= 0.6 is 11.6 Å². The van der Waals surface area contributed by atoms with Gasteiger partial charge in [0.25, 0.3) is 0 Å². The van der Waals surface area contributed by atoms with E-state index in [1.165, 1.54) is 0 Å². The molecule has 3 aromatic rings. The zero-order valence-electron chi connectivity index (χ0n) is 21.0. The summed E-state index contributed by atoms with van der Waals surface area (Å²) in [6.45, 7) is 9.14. The van der Waals surface area contributed by atoms with Crippen LogP contribution in [0.25, 0.3) is 11.4 Å². The first-order valence-electron chi connectivity index (χ1n) is 12.5. The van der Waals surface area contributed by atoms with Gasteiger partial charge in [0.05, 0.1) is 25.8 Å². The van der Waals surface area contributed by atoms with E-state index >= 15 is 0 Å². The molecule has 1 aromatic heterocycles. The van der Waals surface area contributed by atoms with E-state index in [0.717, 1.165) is 42.8 Å². The highest BCUT2D eigenvalue weighted by molar-refractivity contribution is 6.30. The molecular formula is C27H33ClN4O4. The van der Waals surface area contributed by atoms with Crippen molar-refractivity contribution in [3.05, 3.63) is 58.9 Å². The van der Waals surface area contributed by atoms with E-state index in [1.54, 1.807) is 0 Å². The molecule has 0 aliphatic carbocycles. The number of aromatic nitrogens is 2. The van der Waals surface area contributed by atoms with Crippen molar-refractivity contribution in [2.75, 3.05) is 26.3 Å². The number of hydrogen-bond donors (Lipinski definition) is 1. The number of likely N-dealkylation sites (tertiary alicyclic amines) is 1. The maximum atomic E-state index is 13.0. The van der Waals surface area contributed by atoms with Gasteiger partial charge in [0, 0.05) is 16.5 Å². The molecule has 0 bridgehead atoms. The van der Waals surface area contributed by atoms with Crippen LogP contribution in [-0.4, -0.2) is 47.3 Å². The molecule has 1 unspecified atom stereocenters. The molecule has 0 radical (unpaired) electrons. The van der Waals surface area contributed by atoms with Crippen molar-refractivity contribution in [2.24, 2.45) is 5.92 Å². The van der Waals surface area contributed by atoms with E-state index in [2.05, 4.69) is 20.4 Å². The minimum Gasteiger partial charge on any atom is -0.490 e. The van der Waals surface area contributed by atoms with E-state index in [-0.39, 0.29) is 17.9 Å². The number of nitrogens with one attached hydrogen (secondary N) is 1. The Morgan fingerprint density at radius 2 is 1.89 bits per heavy atom. The Bertz CT molecular complexity index is 1160. The van der Waals surface area contributed by atoms with Crippen LogP contribution in [0.15, 0.2) is 47.0 Å². The zero-order valence-corrected chi connectivity index (χ0v) is 21.8. The van der Waals surface area contributed by atoms with Crippen LogP contribution in [0.4, 0.5) is 0 Å². The molecule has 192 valence electrons. The Labute approximate surface area is 216 Å². The van der Waals surface area contributed by atoms with Gasteiger partial charge in [0.15, 0.2) is 11.5 Å². The summed E-state index contributed by atoms with van der Waals surface area (Å²) in [4.78, 5) is 19.7. The van der Waals surface area contributed by atoms with Gasteiger partial charge in [-0.15, -0.1) is 0 Å². The van der Waals surface area contributed by atoms with E-state index in [0.29, 0.717) is 42.2 Å². The SMILES string of the molecule is CCOc1ccc(C(C)NC(=O)C2CCN(Cc3nc(-c4cccc(Cl)c4)no3)CC2)cc1OCC. The van der Waals surface area contributed by atoms with E-state index < -0.39 is 0 Å². The summed E-state index contributed by atoms with van der Waals surface area (Å²) in [5.74, 6) is 2.55. The van der Waals surface area contributed by atoms with Crippen LogP contribution in [0.1, 0.15) is 51.1 Å². The molecule has 36 heavy (non-hydrogen) atoms. The number of nitrogens with zero attached hydrogens (tertiary/aromatic N) is 3. The molecule has 9 heteroatoms. The van der Waals surface area contributed by atoms with Crippen LogP contribution in [0.3, 0.4) is 0 Å². The standard InChI is InChI=1S/C27H33ClN4O4/c1-4-34-23-10-9-20(16-24(23)35-5-2)18(3)29-27(33)19-11-13-32(14-12-19)17-25-30-26(31-36-25)21-7-6-8-22(28)15-21/h6-10,15-16,18-19H,4-5,11-14,17H2,1-3H3,(H,29,33). The maximum Gasteiger partial charge on any atom is 0.241 e. The van der Waals surface area contributed by atoms with Gasteiger partial charge in [-0.3, -0.25) is 9.69 Å². The van der Waals surface area contributed by atoms with Crippen LogP contribution in [0, 0.1) is 5.92 Å². The Morgan fingerprint density at radius 1 is 1.14 bits per heavy atom. The molecule has 1 atom stereocenters. The quantitative estimate of drug-likeness (QED) is 0.395. The molecule has 4 rings (SSSR count). The molecule has 1 aliphatic heterocycles. The van der Waals surface area contributed by atoms with Gasteiger partial charge in [0.2, 0.25) is 17.6 Å². The highest BCUT2D eigenvalue weighted by Gasteiger charge is 2.27. The van der Waals surface area contributed by atoms with Crippen LogP contribution in [0.5, 0.6) is 11.5 Å². The van der Waals surface area contributed by atoms with Crippen molar-refractivity contribution in [1.82, 2.24) is 20.4 Å². The van der Waals surface area contributed by atoms with E-state index in [4.69, 9.17) is 25.6 Å². The molecule has 8 nitrogen and oxygen atoms in total. The first-order valence-corrected chi connectivity index (χ1v) is 12.8. The average molecular weight is 513 g/mol. The number of hydrogen-bond acceptors (Lipinski definition) is 7. The van der Waals surface area contributed by atoms with Gasteiger partial charge in [-0.2, -0.15) is 4.98 Å². The first-order chi connectivity index (χ1) is 17.5. The highest BCUT2D eigenvalue weighted by atomic mass is 35.5. The summed E-state index contributed by atoms with van der Waals surface area (Å²) in [7, 11) is 0. The number of benzene rings is 2. The fourth-order valence-electron chi connectivity index (χ4n) is 4.36. The summed E-state index contributed by atoms with van der Waals surface area (Å²) < 4.78 is 16.8. The van der Waals surface area contributed by atoms with Crippen molar-refractivity contribution >= 4 is 17.5 Å². The molecule has 0 spiro atoms. The third kappa shape index (κ3) is 6.56. The molecule has 1 fully saturated rings. The van der Waals surface area contributed by atoms with Gasteiger partial charge in [0.1, 0.15) is 0 Å². The van der Waals surface area contributed by atoms with Crippen molar-refractivity contribution in [2.45, 2.75) is 46.2 Å². The molecule has 1 aliphatic rings. The number of carbonyl (C=O) groups excluding carboxylic acids is 1. The van der Waals surface area contributed by atoms with Crippen LogP contribution in [-0.2, 0) is 11.3 Å².